The van der Waals surface area contributed by atoms with Gasteiger partial charge in [0, 0.05) is 17.6 Å². The lowest BCUT2D eigenvalue weighted by Crippen LogP contribution is -2.28. The highest BCUT2D eigenvalue weighted by atomic mass is 32.2. The summed E-state index contributed by atoms with van der Waals surface area (Å²) in [6.07, 6.45) is 2.86. The number of hydrogen-bond acceptors (Lipinski definition) is 5. The molecule has 0 spiro atoms. The Kier molecular flexibility index (Phi) is 5.17. The third-order valence-electron chi connectivity index (χ3n) is 2.87. The molecule has 0 aliphatic carbocycles. The average molecular weight is 308 g/mol. The molecule has 0 fully saturated rings. The summed E-state index contributed by atoms with van der Waals surface area (Å²) >= 11 is 2.92. The van der Waals surface area contributed by atoms with Gasteiger partial charge in [-0.3, -0.25) is 4.79 Å². The van der Waals surface area contributed by atoms with Crippen LogP contribution in [0.25, 0.3) is 0 Å². The van der Waals surface area contributed by atoms with E-state index in [1.54, 1.807) is 18.3 Å². The van der Waals surface area contributed by atoms with E-state index in [0.29, 0.717) is 10.6 Å². The van der Waals surface area contributed by atoms with E-state index in [1.165, 1.54) is 23.1 Å². The first kappa shape index (κ1) is 15.0. The number of aliphatic hydroxyl groups is 1. The Bertz CT molecular complexity index is 598. The Labute approximate surface area is 126 Å². The molecule has 2 N–H and O–H groups in total. The second-order valence-corrected chi connectivity index (χ2v) is 6.00. The van der Waals surface area contributed by atoms with Gasteiger partial charge < -0.3 is 10.4 Å². The molecule has 0 aliphatic heterocycles. The zero-order chi connectivity index (χ0) is 14.5. The summed E-state index contributed by atoms with van der Waals surface area (Å²) in [7, 11) is 0. The van der Waals surface area contributed by atoms with Crippen LogP contribution in [0.1, 0.15) is 26.9 Å². The van der Waals surface area contributed by atoms with Gasteiger partial charge in [-0.2, -0.15) is 0 Å². The maximum Gasteiger partial charge on any atom is 0.254 e. The van der Waals surface area contributed by atoms with Gasteiger partial charge in [-0.1, -0.05) is 0 Å². The van der Waals surface area contributed by atoms with Crippen molar-refractivity contribution in [2.75, 3.05) is 12.8 Å². The molecule has 4 nitrogen and oxygen atoms in total. The molecule has 0 aliphatic rings. The number of carbonyl (C=O) groups excluding carboxylic acids is 1. The first-order chi connectivity index (χ1) is 9.63. The highest BCUT2D eigenvalue weighted by molar-refractivity contribution is 7.98. The lowest BCUT2D eigenvalue weighted by atomic mass is 10.2. The van der Waals surface area contributed by atoms with Crippen molar-refractivity contribution < 1.29 is 9.90 Å². The van der Waals surface area contributed by atoms with Crippen LogP contribution >= 0.6 is 23.1 Å². The molecule has 20 heavy (non-hydrogen) atoms. The summed E-state index contributed by atoms with van der Waals surface area (Å²) in [5.74, 6) is -0.212. The second-order valence-electron chi connectivity index (χ2n) is 4.25. The number of nitrogens with zero attached hydrogens (tertiary/aromatic N) is 1. The molecule has 6 heteroatoms. The first-order valence-corrected chi connectivity index (χ1v) is 8.23. The van der Waals surface area contributed by atoms with E-state index in [4.69, 9.17) is 0 Å². The van der Waals surface area contributed by atoms with Crippen molar-refractivity contribution in [3.8, 4) is 0 Å². The van der Waals surface area contributed by atoms with Crippen LogP contribution < -0.4 is 5.32 Å². The maximum atomic E-state index is 12.1. The molecule has 1 atom stereocenters. The molecule has 0 radical (unpaired) electrons. The number of pyridine rings is 1. The average Bonchev–Trinajstić information content (AvgIpc) is 2.90. The van der Waals surface area contributed by atoms with Crippen molar-refractivity contribution in [2.45, 2.75) is 18.1 Å². The number of thiophene rings is 1. The fourth-order valence-electron chi connectivity index (χ4n) is 1.83. The van der Waals surface area contributed by atoms with Gasteiger partial charge in [-0.25, -0.2) is 4.98 Å². The minimum absolute atomic E-state index is 0.197. The van der Waals surface area contributed by atoms with Gasteiger partial charge in [0.15, 0.2) is 0 Å². The Morgan fingerprint density at radius 1 is 1.55 bits per heavy atom. The summed E-state index contributed by atoms with van der Waals surface area (Å²) in [4.78, 5) is 17.2. The van der Waals surface area contributed by atoms with Crippen molar-refractivity contribution in [3.63, 3.8) is 0 Å². The van der Waals surface area contributed by atoms with Crippen LogP contribution in [0.5, 0.6) is 0 Å². The highest BCUT2D eigenvalue weighted by Gasteiger charge is 2.15. The minimum atomic E-state index is -0.673. The van der Waals surface area contributed by atoms with Crippen LogP contribution in [0.2, 0.25) is 0 Å². The molecule has 0 saturated heterocycles. The fourth-order valence-corrected chi connectivity index (χ4v) is 3.29. The molecule has 2 aromatic heterocycles. The molecule has 1 amide bonds. The standard InChI is InChI=1S/C14H16N2O2S2/c1-9-5-7-20-12(9)11(17)8-16-13(18)10-4-3-6-15-14(10)19-2/h3-7,11,17H,8H2,1-2H3,(H,16,18)/t11-/m1/s1. The number of hydrogen-bond donors (Lipinski definition) is 2. The van der Waals surface area contributed by atoms with Crippen LogP contribution in [-0.2, 0) is 0 Å². The van der Waals surface area contributed by atoms with Crippen LogP contribution in [-0.4, -0.2) is 28.8 Å². The van der Waals surface area contributed by atoms with E-state index < -0.39 is 6.10 Å². The molecule has 0 saturated carbocycles. The van der Waals surface area contributed by atoms with Gasteiger partial charge in [0.2, 0.25) is 0 Å². The molecular formula is C14H16N2O2S2. The SMILES string of the molecule is CSc1ncccc1C(=O)NC[C@@H](O)c1sccc1C. The summed E-state index contributed by atoms with van der Waals surface area (Å²) in [6.45, 7) is 2.15. The Morgan fingerprint density at radius 2 is 2.35 bits per heavy atom. The van der Waals surface area contributed by atoms with E-state index in [9.17, 15) is 9.90 Å². The summed E-state index contributed by atoms with van der Waals surface area (Å²) in [5.41, 5.74) is 1.58. The van der Waals surface area contributed by atoms with E-state index >= 15 is 0 Å². The fraction of sp³-hybridized carbons (Fsp3) is 0.286. The number of rotatable bonds is 5. The van der Waals surface area contributed by atoms with Gasteiger partial charge in [-0.05, 0) is 42.3 Å². The largest absolute Gasteiger partial charge is 0.386 e. The van der Waals surface area contributed by atoms with E-state index in [-0.39, 0.29) is 12.5 Å². The molecule has 2 aromatic rings. The monoisotopic (exact) mass is 308 g/mol. The predicted molar refractivity (Wildman–Crippen MR) is 82.4 cm³/mol. The lowest BCUT2D eigenvalue weighted by Gasteiger charge is -2.12. The van der Waals surface area contributed by atoms with Crippen molar-refractivity contribution in [2.24, 2.45) is 0 Å². The van der Waals surface area contributed by atoms with Gasteiger partial charge in [-0.15, -0.1) is 23.1 Å². The highest BCUT2D eigenvalue weighted by Crippen LogP contribution is 2.23. The van der Waals surface area contributed by atoms with E-state index in [2.05, 4.69) is 10.3 Å². The number of amides is 1. The number of aromatic nitrogens is 1. The number of nitrogens with one attached hydrogen (secondary N) is 1. The maximum absolute atomic E-state index is 12.1. The van der Waals surface area contributed by atoms with E-state index in [1.807, 2.05) is 24.6 Å². The normalized spacial score (nSPS) is 12.2. The van der Waals surface area contributed by atoms with Crippen LogP contribution in [0.15, 0.2) is 34.8 Å². The molecular weight excluding hydrogens is 292 g/mol. The molecule has 106 valence electrons. The molecule has 0 bridgehead atoms. The summed E-state index contributed by atoms with van der Waals surface area (Å²) in [6, 6.07) is 5.42. The molecule has 2 rings (SSSR count). The third kappa shape index (κ3) is 3.39. The van der Waals surface area contributed by atoms with Gasteiger partial charge in [0.05, 0.1) is 5.56 Å². The summed E-state index contributed by atoms with van der Waals surface area (Å²) in [5, 5.41) is 15.5. The third-order valence-corrected chi connectivity index (χ3v) is 4.70. The zero-order valence-electron chi connectivity index (χ0n) is 11.3. The van der Waals surface area contributed by atoms with Crippen LogP contribution in [0.3, 0.4) is 0 Å². The van der Waals surface area contributed by atoms with Crippen molar-refractivity contribution in [3.05, 3.63) is 45.8 Å². The van der Waals surface area contributed by atoms with Crippen LogP contribution in [0, 0.1) is 6.92 Å². The molecule has 0 aromatic carbocycles. The van der Waals surface area contributed by atoms with Crippen molar-refractivity contribution in [1.82, 2.24) is 10.3 Å². The van der Waals surface area contributed by atoms with Crippen LogP contribution in [0.4, 0.5) is 0 Å². The quantitative estimate of drug-likeness (QED) is 0.834. The minimum Gasteiger partial charge on any atom is -0.386 e. The van der Waals surface area contributed by atoms with E-state index in [0.717, 1.165) is 10.4 Å². The van der Waals surface area contributed by atoms with Gasteiger partial charge >= 0.3 is 0 Å². The predicted octanol–water partition coefficient (Wildman–Crippen LogP) is 2.64. The molecule has 2 heterocycles. The first-order valence-electron chi connectivity index (χ1n) is 6.12. The smallest absolute Gasteiger partial charge is 0.254 e. The second kappa shape index (κ2) is 6.88. The lowest BCUT2D eigenvalue weighted by molar-refractivity contribution is 0.0914. The number of thioether (sulfide) groups is 1. The summed E-state index contributed by atoms with van der Waals surface area (Å²) < 4.78 is 0. The Morgan fingerprint density at radius 3 is 3.00 bits per heavy atom. The molecule has 0 unspecified atom stereocenters. The zero-order valence-corrected chi connectivity index (χ0v) is 12.9. The van der Waals surface area contributed by atoms with Crippen molar-refractivity contribution in [1.29, 1.82) is 0 Å². The van der Waals surface area contributed by atoms with Gasteiger partial charge in [0.1, 0.15) is 11.1 Å². The Hall–Kier alpha value is -1.37. The topological polar surface area (TPSA) is 62.2 Å². The van der Waals surface area contributed by atoms with Gasteiger partial charge in [0.25, 0.3) is 5.91 Å². The Balaban J connectivity index is 2.00. The number of aliphatic hydroxyl groups excluding tert-OH is 1. The van der Waals surface area contributed by atoms with Crippen molar-refractivity contribution >= 4 is 29.0 Å². The number of aryl methyl sites for hydroxylation is 1. The number of carbonyl (C=O) groups is 1.